The van der Waals surface area contributed by atoms with Crippen LogP contribution in [0.1, 0.15) is 29.7 Å². The van der Waals surface area contributed by atoms with Gasteiger partial charge in [-0.15, -0.1) is 0 Å². The molecule has 0 spiro atoms. The second-order valence-electron chi connectivity index (χ2n) is 5.08. The predicted octanol–water partition coefficient (Wildman–Crippen LogP) is 2.85. The first-order chi connectivity index (χ1) is 10.3. The summed E-state index contributed by atoms with van der Waals surface area (Å²) < 4.78 is 5.86. The Balaban J connectivity index is 1.90. The average Bonchev–Trinajstić information content (AvgIpc) is 2.54. The van der Waals surface area contributed by atoms with E-state index in [-0.39, 0.29) is 5.84 Å². The molecule has 1 aromatic carbocycles. The number of aromatic nitrogens is 1. The van der Waals surface area contributed by atoms with E-state index in [2.05, 4.69) is 22.3 Å². The molecule has 0 amide bonds. The fourth-order valence-electron chi connectivity index (χ4n) is 2.61. The lowest BCUT2D eigenvalue weighted by atomic mass is 9.92. The normalized spacial score (nSPS) is 14.6. The molecule has 0 atom stereocenters. The summed E-state index contributed by atoms with van der Waals surface area (Å²) in [5.74, 6) is 1.16. The molecule has 3 N–H and O–H groups in total. The number of oxime groups is 1. The number of rotatable bonds is 3. The van der Waals surface area contributed by atoms with Gasteiger partial charge in [0.2, 0.25) is 0 Å². The lowest BCUT2D eigenvalue weighted by Gasteiger charge is -2.17. The molecular formula is C16H17N3O2. The second kappa shape index (κ2) is 5.83. The minimum absolute atomic E-state index is 0.0661. The number of pyridine rings is 1. The summed E-state index contributed by atoms with van der Waals surface area (Å²) in [4.78, 5) is 4.09. The maximum atomic E-state index is 8.80. The summed E-state index contributed by atoms with van der Waals surface area (Å²) >= 11 is 0. The van der Waals surface area contributed by atoms with E-state index in [0.29, 0.717) is 11.4 Å². The number of hydrogen-bond acceptors (Lipinski definition) is 4. The lowest BCUT2D eigenvalue weighted by molar-refractivity contribution is 0.318. The number of ether oxygens (including phenoxy) is 1. The molecule has 0 bridgehead atoms. The van der Waals surface area contributed by atoms with Crippen LogP contribution in [0.5, 0.6) is 11.5 Å². The SMILES string of the molecule is N/C(=N/O)c1ncccc1Oc1ccc2c(c1)CCCC2. The summed E-state index contributed by atoms with van der Waals surface area (Å²) in [5, 5.41) is 11.8. The molecule has 0 unspecified atom stereocenters. The fourth-order valence-corrected chi connectivity index (χ4v) is 2.61. The first kappa shape index (κ1) is 13.4. The second-order valence-corrected chi connectivity index (χ2v) is 5.08. The summed E-state index contributed by atoms with van der Waals surface area (Å²) in [7, 11) is 0. The van der Waals surface area contributed by atoms with Gasteiger partial charge in [0.1, 0.15) is 5.75 Å². The van der Waals surface area contributed by atoms with Crippen molar-refractivity contribution in [3.63, 3.8) is 0 Å². The van der Waals surface area contributed by atoms with Gasteiger partial charge in [-0.2, -0.15) is 0 Å². The topological polar surface area (TPSA) is 80.7 Å². The number of nitrogens with zero attached hydrogens (tertiary/aromatic N) is 2. The van der Waals surface area contributed by atoms with Crippen LogP contribution in [0.15, 0.2) is 41.7 Å². The Morgan fingerprint density at radius 2 is 2.00 bits per heavy atom. The van der Waals surface area contributed by atoms with Gasteiger partial charge in [-0.3, -0.25) is 0 Å². The zero-order valence-electron chi connectivity index (χ0n) is 11.6. The highest BCUT2D eigenvalue weighted by Crippen LogP contribution is 2.29. The summed E-state index contributed by atoms with van der Waals surface area (Å²) in [6.07, 6.45) is 6.28. The molecule has 0 radical (unpaired) electrons. The minimum Gasteiger partial charge on any atom is -0.455 e. The molecule has 1 aromatic heterocycles. The largest absolute Gasteiger partial charge is 0.455 e. The first-order valence-electron chi connectivity index (χ1n) is 7.00. The third-order valence-corrected chi connectivity index (χ3v) is 3.67. The highest BCUT2D eigenvalue weighted by Gasteiger charge is 2.13. The van der Waals surface area contributed by atoms with Gasteiger partial charge in [-0.1, -0.05) is 11.2 Å². The molecule has 0 saturated heterocycles. The Morgan fingerprint density at radius 3 is 2.81 bits per heavy atom. The van der Waals surface area contributed by atoms with Crippen molar-refractivity contribution in [3.8, 4) is 11.5 Å². The molecule has 2 aromatic rings. The van der Waals surface area contributed by atoms with E-state index in [1.54, 1.807) is 18.3 Å². The Hall–Kier alpha value is -2.56. The zero-order valence-corrected chi connectivity index (χ0v) is 11.6. The van der Waals surface area contributed by atoms with Crippen LogP contribution >= 0.6 is 0 Å². The molecule has 1 aliphatic carbocycles. The number of nitrogens with two attached hydrogens (primary N) is 1. The summed E-state index contributed by atoms with van der Waals surface area (Å²) in [6.45, 7) is 0. The van der Waals surface area contributed by atoms with Crippen LogP contribution in [0.2, 0.25) is 0 Å². The van der Waals surface area contributed by atoms with E-state index in [0.717, 1.165) is 18.6 Å². The van der Waals surface area contributed by atoms with E-state index in [1.807, 2.05) is 6.07 Å². The van der Waals surface area contributed by atoms with Gasteiger partial charge in [0.15, 0.2) is 17.3 Å². The van der Waals surface area contributed by atoms with Gasteiger partial charge in [0, 0.05) is 6.20 Å². The van der Waals surface area contributed by atoms with Crippen LogP contribution in [0, 0.1) is 0 Å². The highest BCUT2D eigenvalue weighted by atomic mass is 16.5. The third-order valence-electron chi connectivity index (χ3n) is 3.67. The molecule has 0 saturated carbocycles. The molecule has 1 heterocycles. The van der Waals surface area contributed by atoms with E-state index < -0.39 is 0 Å². The molecular weight excluding hydrogens is 266 g/mol. The van der Waals surface area contributed by atoms with Crippen molar-refractivity contribution < 1.29 is 9.94 Å². The maximum absolute atomic E-state index is 8.80. The molecule has 0 aliphatic heterocycles. The number of benzene rings is 1. The number of amidine groups is 1. The van der Waals surface area contributed by atoms with E-state index >= 15 is 0 Å². The standard InChI is InChI=1S/C16H17N3O2/c17-16(19-20)15-14(6-3-9-18-15)21-13-8-7-11-4-1-2-5-12(11)10-13/h3,6-10,20H,1-2,4-5H2,(H2,17,19). The molecule has 3 rings (SSSR count). The van der Waals surface area contributed by atoms with Gasteiger partial charge in [0.25, 0.3) is 0 Å². The maximum Gasteiger partial charge on any atom is 0.192 e. The number of fused-ring (bicyclic) bond motifs is 1. The summed E-state index contributed by atoms with van der Waals surface area (Å²) in [6, 6.07) is 9.63. The van der Waals surface area contributed by atoms with Gasteiger partial charge in [0.05, 0.1) is 0 Å². The molecule has 1 aliphatic rings. The Morgan fingerprint density at radius 1 is 1.19 bits per heavy atom. The Bertz CT molecular complexity index is 683. The van der Waals surface area contributed by atoms with E-state index in [4.69, 9.17) is 15.7 Å². The quantitative estimate of drug-likeness (QED) is 0.393. The molecule has 0 fully saturated rings. The first-order valence-corrected chi connectivity index (χ1v) is 7.00. The van der Waals surface area contributed by atoms with Crippen LogP contribution in [-0.2, 0) is 12.8 Å². The van der Waals surface area contributed by atoms with Gasteiger partial charge in [-0.05, 0) is 61.1 Å². The van der Waals surface area contributed by atoms with Crippen molar-refractivity contribution in [1.82, 2.24) is 4.98 Å². The predicted molar refractivity (Wildman–Crippen MR) is 79.9 cm³/mol. The van der Waals surface area contributed by atoms with Crippen LogP contribution < -0.4 is 10.5 Å². The van der Waals surface area contributed by atoms with Gasteiger partial charge >= 0.3 is 0 Å². The summed E-state index contributed by atoms with van der Waals surface area (Å²) in [5.41, 5.74) is 8.69. The molecule has 21 heavy (non-hydrogen) atoms. The van der Waals surface area contributed by atoms with Crippen molar-refractivity contribution in [3.05, 3.63) is 53.3 Å². The van der Waals surface area contributed by atoms with Crippen LogP contribution in [-0.4, -0.2) is 16.0 Å². The average molecular weight is 283 g/mol. The van der Waals surface area contributed by atoms with E-state index in [9.17, 15) is 0 Å². The van der Waals surface area contributed by atoms with Gasteiger partial charge in [-0.25, -0.2) is 4.98 Å². The van der Waals surface area contributed by atoms with Crippen LogP contribution in [0.4, 0.5) is 0 Å². The molecule has 108 valence electrons. The highest BCUT2D eigenvalue weighted by molar-refractivity contribution is 5.97. The smallest absolute Gasteiger partial charge is 0.192 e. The Kier molecular flexibility index (Phi) is 3.73. The van der Waals surface area contributed by atoms with Crippen molar-refractivity contribution in [1.29, 1.82) is 0 Å². The monoisotopic (exact) mass is 283 g/mol. The molecule has 5 heteroatoms. The van der Waals surface area contributed by atoms with Crippen molar-refractivity contribution in [2.75, 3.05) is 0 Å². The van der Waals surface area contributed by atoms with Gasteiger partial charge < -0.3 is 15.7 Å². The van der Waals surface area contributed by atoms with Crippen LogP contribution in [0.25, 0.3) is 0 Å². The lowest BCUT2D eigenvalue weighted by Crippen LogP contribution is -2.16. The van der Waals surface area contributed by atoms with Crippen LogP contribution in [0.3, 0.4) is 0 Å². The van der Waals surface area contributed by atoms with Crippen molar-refractivity contribution >= 4 is 5.84 Å². The third kappa shape index (κ3) is 2.81. The minimum atomic E-state index is -0.0661. The van der Waals surface area contributed by atoms with Crippen molar-refractivity contribution in [2.45, 2.75) is 25.7 Å². The number of hydrogen-bond donors (Lipinski definition) is 2. The number of aryl methyl sites for hydroxylation is 2. The van der Waals surface area contributed by atoms with E-state index in [1.165, 1.54) is 24.0 Å². The molecule has 5 nitrogen and oxygen atoms in total. The fraction of sp³-hybridized carbons (Fsp3) is 0.250. The zero-order chi connectivity index (χ0) is 14.7. The Labute approximate surface area is 123 Å². The van der Waals surface area contributed by atoms with Crippen molar-refractivity contribution in [2.24, 2.45) is 10.9 Å².